The first-order valence-electron chi connectivity index (χ1n) is 6.55. The fourth-order valence-corrected chi connectivity index (χ4v) is 3.11. The maximum atomic E-state index is 13.6. The number of amides is 1. The van der Waals surface area contributed by atoms with Gasteiger partial charge in [0.1, 0.15) is 5.82 Å². The number of rotatable bonds is 2. The van der Waals surface area contributed by atoms with Crippen molar-refractivity contribution >= 4 is 33.1 Å². The Morgan fingerprint density at radius 3 is 2.74 bits per heavy atom. The number of aromatic nitrogens is 1. The smallest absolute Gasteiger partial charge is 0.282 e. The number of carbonyl (C=O) groups is 1. The van der Waals surface area contributed by atoms with Crippen molar-refractivity contribution in [3.63, 3.8) is 0 Å². The Morgan fingerprint density at radius 1 is 1.30 bits per heavy atom. The number of nitro benzene ring substituents is 1. The third-order valence-electron chi connectivity index (χ3n) is 3.30. The molecule has 116 valence electrons. The van der Waals surface area contributed by atoms with Crippen LogP contribution in [0.3, 0.4) is 0 Å². The molecule has 2 aromatic carbocycles. The van der Waals surface area contributed by atoms with Crippen molar-refractivity contribution in [2.75, 3.05) is 0 Å². The van der Waals surface area contributed by atoms with Crippen LogP contribution in [0.15, 0.2) is 47.5 Å². The van der Waals surface area contributed by atoms with Crippen LogP contribution in [-0.4, -0.2) is 15.4 Å². The number of aryl methyl sites for hydroxylation is 1. The van der Waals surface area contributed by atoms with E-state index in [1.54, 1.807) is 23.7 Å². The molecule has 0 unspecified atom stereocenters. The van der Waals surface area contributed by atoms with Crippen LogP contribution in [0.5, 0.6) is 0 Å². The van der Waals surface area contributed by atoms with Gasteiger partial charge in [-0.1, -0.05) is 23.5 Å². The molecule has 1 amide bonds. The first-order valence-corrected chi connectivity index (χ1v) is 7.36. The number of hydrogen-bond acceptors (Lipinski definition) is 4. The molecule has 0 aliphatic carbocycles. The summed E-state index contributed by atoms with van der Waals surface area (Å²) in [4.78, 5) is 26.7. The van der Waals surface area contributed by atoms with Gasteiger partial charge in [-0.25, -0.2) is 4.39 Å². The van der Waals surface area contributed by atoms with Gasteiger partial charge in [-0.05, 0) is 18.2 Å². The van der Waals surface area contributed by atoms with Crippen molar-refractivity contribution in [3.05, 3.63) is 68.8 Å². The van der Waals surface area contributed by atoms with Crippen LogP contribution in [-0.2, 0) is 7.05 Å². The van der Waals surface area contributed by atoms with Crippen LogP contribution < -0.4 is 4.80 Å². The van der Waals surface area contributed by atoms with Gasteiger partial charge in [0.2, 0.25) is 0 Å². The van der Waals surface area contributed by atoms with Gasteiger partial charge < -0.3 is 4.57 Å². The summed E-state index contributed by atoms with van der Waals surface area (Å²) in [5.41, 5.74) is 0.429. The lowest BCUT2D eigenvalue weighted by Crippen LogP contribution is -2.13. The van der Waals surface area contributed by atoms with Crippen LogP contribution in [0.25, 0.3) is 10.2 Å². The van der Waals surface area contributed by atoms with E-state index in [0.717, 1.165) is 4.70 Å². The molecule has 0 saturated carbocycles. The predicted molar refractivity (Wildman–Crippen MR) is 83.7 cm³/mol. The molecule has 23 heavy (non-hydrogen) atoms. The van der Waals surface area contributed by atoms with Crippen molar-refractivity contribution in [1.29, 1.82) is 0 Å². The second kappa shape index (κ2) is 5.73. The van der Waals surface area contributed by atoms with E-state index < -0.39 is 16.6 Å². The Kier molecular flexibility index (Phi) is 3.75. The second-order valence-electron chi connectivity index (χ2n) is 4.75. The zero-order valence-electron chi connectivity index (χ0n) is 11.9. The zero-order valence-corrected chi connectivity index (χ0v) is 12.7. The average molecular weight is 331 g/mol. The van der Waals surface area contributed by atoms with Gasteiger partial charge in [-0.2, -0.15) is 4.99 Å². The minimum absolute atomic E-state index is 0.0436. The normalized spacial score (nSPS) is 11.8. The summed E-state index contributed by atoms with van der Waals surface area (Å²) in [7, 11) is 1.65. The molecule has 0 bridgehead atoms. The lowest BCUT2D eigenvalue weighted by molar-refractivity contribution is -0.384. The molecular weight excluding hydrogens is 321 g/mol. The Balaban J connectivity index is 2.13. The van der Waals surface area contributed by atoms with Gasteiger partial charge >= 0.3 is 0 Å². The Hall–Kier alpha value is -2.87. The zero-order chi connectivity index (χ0) is 16.6. The molecule has 0 saturated heterocycles. The van der Waals surface area contributed by atoms with E-state index in [9.17, 15) is 19.3 Å². The fraction of sp³-hybridized carbons (Fsp3) is 0.0667. The van der Waals surface area contributed by atoms with Gasteiger partial charge in [0, 0.05) is 19.2 Å². The molecule has 0 fully saturated rings. The topological polar surface area (TPSA) is 77.5 Å². The number of halogens is 1. The minimum atomic E-state index is -0.695. The van der Waals surface area contributed by atoms with E-state index in [1.165, 1.54) is 41.7 Å². The molecule has 1 heterocycles. The summed E-state index contributed by atoms with van der Waals surface area (Å²) in [6.45, 7) is 0. The molecule has 0 aliphatic heterocycles. The largest absolute Gasteiger partial charge is 0.319 e. The monoisotopic (exact) mass is 331 g/mol. The number of fused-ring (bicyclic) bond motifs is 1. The summed E-state index contributed by atoms with van der Waals surface area (Å²) >= 11 is 1.20. The molecule has 0 atom stereocenters. The molecule has 3 aromatic rings. The quantitative estimate of drug-likeness (QED) is 0.535. The summed E-state index contributed by atoms with van der Waals surface area (Å²) in [5.74, 6) is -1.33. The molecular formula is C15H10FN3O3S. The maximum Gasteiger partial charge on any atom is 0.282 e. The van der Waals surface area contributed by atoms with Crippen LogP contribution in [0, 0.1) is 15.9 Å². The highest BCUT2D eigenvalue weighted by molar-refractivity contribution is 7.16. The molecule has 0 aliphatic rings. The summed E-state index contributed by atoms with van der Waals surface area (Å²) < 4.78 is 16.0. The molecule has 0 N–H and O–H groups in total. The molecule has 1 aromatic heterocycles. The average Bonchev–Trinajstić information content (AvgIpc) is 2.83. The highest BCUT2D eigenvalue weighted by atomic mass is 32.1. The van der Waals surface area contributed by atoms with E-state index in [1.807, 2.05) is 0 Å². The highest BCUT2D eigenvalue weighted by Crippen LogP contribution is 2.22. The van der Waals surface area contributed by atoms with E-state index in [0.29, 0.717) is 10.3 Å². The van der Waals surface area contributed by atoms with E-state index >= 15 is 0 Å². The number of carbonyl (C=O) groups excluding carboxylic acids is 1. The Labute approximate surface area is 133 Å². The van der Waals surface area contributed by atoms with E-state index in [2.05, 4.69) is 4.99 Å². The Bertz CT molecular complexity index is 1010. The number of hydrogen-bond donors (Lipinski definition) is 0. The van der Waals surface area contributed by atoms with Gasteiger partial charge in [0.15, 0.2) is 4.80 Å². The van der Waals surface area contributed by atoms with Crippen LogP contribution >= 0.6 is 11.3 Å². The number of non-ortho nitro benzene ring substituents is 1. The first kappa shape index (κ1) is 15.0. The van der Waals surface area contributed by atoms with Crippen molar-refractivity contribution in [3.8, 4) is 0 Å². The third-order valence-corrected chi connectivity index (χ3v) is 4.42. The summed E-state index contributed by atoms with van der Waals surface area (Å²) in [6.07, 6.45) is 0. The summed E-state index contributed by atoms with van der Waals surface area (Å²) in [6, 6.07) is 10.0. The third kappa shape index (κ3) is 2.76. The van der Waals surface area contributed by atoms with Gasteiger partial charge in [-0.15, -0.1) is 0 Å². The maximum absolute atomic E-state index is 13.6. The molecule has 3 rings (SSSR count). The lowest BCUT2D eigenvalue weighted by Gasteiger charge is -1.97. The van der Waals surface area contributed by atoms with Gasteiger partial charge in [-0.3, -0.25) is 14.9 Å². The first-order chi connectivity index (χ1) is 11.0. The number of benzene rings is 2. The van der Waals surface area contributed by atoms with Crippen molar-refractivity contribution in [2.45, 2.75) is 0 Å². The standard InChI is InChI=1S/C15H10FN3O3S/c1-18-12-8-9(19(21)22)6-7-13(12)23-15(18)17-14(20)10-4-2-3-5-11(10)16/h2-8H,1H3. The summed E-state index contributed by atoms with van der Waals surface area (Å²) in [5, 5.41) is 10.8. The number of nitro groups is 1. The van der Waals surface area contributed by atoms with E-state index in [4.69, 9.17) is 0 Å². The molecule has 0 radical (unpaired) electrons. The number of nitrogens with zero attached hydrogens (tertiary/aromatic N) is 3. The van der Waals surface area contributed by atoms with E-state index in [-0.39, 0.29) is 11.3 Å². The van der Waals surface area contributed by atoms with Crippen molar-refractivity contribution in [1.82, 2.24) is 4.57 Å². The van der Waals surface area contributed by atoms with Crippen molar-refractivity contribution < 1.29 is 14.1 Å². The van der Waals surface area contributed by atoms with Crippen LogP contribution in [0.1, 0.15) is 10.4 Å². The second-order valence-corrected chi connectivity index (χ2v) is 5.76. The molecule has 8 heteroatoms. The minimum Gasteiger partial charge on any atom is -0.319 e. The highest BCUT2D eigenvalue weighted by Gasteiger charge is 2.13. The lowest BCUT2D eigenvalue weighted by atomic mass is 10.2. The van der Waals surface area contributed by atoms with Gasteiger partial charge in [0.05, 0.1) is 20.7 Å². The van der Waals surface area contributed by atoms with Crippen molar-refractivity contribution in [2.24, 2.45) is 12.0 Å². The SMILES string of the molecule is Cn1c(=NC(=O)c2ccccc2F)sc2ccc([N+](=O)[O-])cc21. The molecule has 0 spiro atoms. The van der Waals surface area contributed by atoms with Gasteiger partial charge in [0.25, 0.3) is 11.6 Å². The Morgan fingerprint density at radius 2 is 2.04 bits per heavy atom. The van der Waals surface area contributed by atoms with Crippen LogP contribution in [0.2, 0.25) is 0 Å². The predicted octanol–water partition coefficient (Wildman–Crippen LogP) is 3.03. The van der Waals surface area contributed by atoms with Crippen LogP contribution in [0.4, 0.5) is 10.1 Å². The molecule has 6 nitrogen and oxygen atoms in total. The fourth-order valence-electron chi connectivity index (χ4n) is 2.12. The number of thiazole rings is 1.